The highest BCUT2D eigenvalue weighted by Gasteiger charge is 2.22. The largest absolute Gasteiger partial charge is 0.489 e. The predicted molar refractivity (Wildman–Crippen MR) is 140 cm³/mol. The van der Waals surface area contributed by atoms with Crippen molar-refractivity contribution in [1.82, 2.24) is 4.72 Å². The lowest BCUT2D eigenvalue weighted by Gasteiger charge is -2.22. The summed E-state index contributed by atoms with van der Waals surface area (Å²) in [4.78, 5) is 12.4. The van der Waals surface area contributed by atoms with Gasteiger partial charge in [-0.2, -0.15) is 0 Å². The molecule has 1 aliphatic rings. The Bertz CT molecular complexity index is 1260. The van der Waals surface area contributed by atoms with E-state index in [9.17, 15) is 13.2 Å². The summed E-state index contributed by atoms with van der Waals surface area (Å²) in [6.45, 7) is 0.177. The third-order valence-electron chi connectivity index (χ3n) is 5.89. The molecule has 1 amide bonds. The summed E-state index contributed by atoms with van der Waals surface area (Å²) in [7, 11) is -3.67. The Morgan fingerprint density at radius 2 is 1.64 bits per heavy atom. The second-order valence-electron chi connectivity index (χ2n) is 8.68. The first-order valence-corrected chi connectivity index (χ1v) is 13.8. The summed E-state index contributed by atoms with van der Waals surface area (Å²) in [5.41, 5.74) is 1.66. The Hall–Kier alpha value is -3.07. The Kier molecular flexibility index (Phi) is 8.85. The fraction of sp³-hybridized carbons (Fsp3) is 0.296. The number of amides is 1. The third-order valence-corrected chi connectivity index (χ3v) is 7.70. The highest BCUT2D eigenvalue weighted by molar-refractivity contribution is 7.89. The first-order chi connectivity index (χ1) is 17.4. The lowest BCUT2D eigenvalue weighted by atomic mass is 9.96. The molecule has 0 saturated heterocycles. The number of anilines is 1. The minimum Gasteiger partial charge on any atom is -0.489 e. The average Bonchev–Trinajstić information content (AvgIpc) is 2.88. The fourth-order valence-electron chi connectivity index (χ4n) is 3.99. The van der Waals surface area contributed by atoms with Crippen molar-refractivity contribution in [2.24, 2.45) is 0 Å². The van der Waals surface area contributed by atoms with Gasteiger partial charge in [-0.1, -0.05) is 61.2 Å². The molecule has 0 heterocycles. The summed E-state index contributed by atoms with van der Waals surface area (Å²) < 4.78 is 39.4. The van der Waals surface area contributed by atoms with Gasteiger partial charge in [0, 0.05) is 11.7 Å². The quantitative estimate of drug-likeness (QED) is 0.360. The van der Waals surface area contributed by atoms with Gasteiger partial charge in [-0.25, -0.2) is 13.1 Å². The van der Waals surface area contributed by atoms with Gasteiger partial charge in [-0.15, -0.1) is 0 Å². The molecule has 0 spiro atoms. The SMILES string of the molecule is O=C(COc1ccc(S(=O)(=O)NC2CCCCC2)cc1Cl)Nc1ccc(OCc2ccccc2)cc1. The van der Waals surface area contributed by atoms with Crippen LogP contribution in [0.25, 0.3) is 0 Å². The van der Waals surface area contributed by atoms with Crippen LogP contribution in [0, 0.1) is 0 Å². The van der Waals surface area contributed by atoms with Crippen molar-refractivity contribution in [1.29, 1.82) is 0 Å². The van der Waals surface area contributed by atoms with Crippen LogP contribution in [0.4, 0.5) is 5.69 Å². The number of hydrogen-bond acceptors (Lipinski definition) is 5. The van der Waals surface area contributed by atoms with Crippen LogP contribution < -0.4 is 19.5 Å². The number of benzene rings is 3. The Morgan fingerprint density at radius 3 is 2.33 bits per heavy atom. The van der Waals surface area contributed by atoms with E-state index >= 15 is 0 Å². The fourth-order valence-corrected chi connectivity index (χ4v) is 5.62. The maximum absolute atomic E-state index is 12.7. The molecular weight excluding hydrogens is 500 g/mol. The molecule has 0 radical (unpaired) electrons. The number of ether oxygens (including phenoxy) is 2. The lowest BCUT2D eigenvalue weighted by Crippen LogP contribution is -2.36. The highest BCUT2D eigenvalue weighted by Crippen LogP contribution is 2.28. The third kappa shape index (κ3) is 7.46. The topological polar surface area (TPSA) is 93.7 Å². The molecule has 0 atom stereocenters. The van der Waals surface area contributed by atoms with E-state index in [0.29, 0.717) is 18.0 Å². The van der Waals surface area contributed by atoms with Crippen molar-refractivity contribution >= 4 is 33.2 Å². The number of rotatable bonds is 10. The van der Waals surface area contributed by atoms with Crippen molar-refractivity contribution in [2.45, 2.75) is 49.6 Å². The van der Waals surface area contributed by atoms with Crippen LogP contribution in [-0.2, 0) is 21.4 Å². The van der Waals surface area contributed by atoms with Gasteiger partial charge in [-0.3, -0.25) is 4.79 Å². The molecule has 1 fully saturated rings. The number of hydrogen-bond donors (Lipinski definition) is 2. The maximum atomic E-state index is 12.7. The van der Waals surface area contributed by atoms with Crippen molar-refractivity contribution < 1.29 is 22.7 Å². The molecule has 4 rings (SSSR count). The van der Waals surface area contributed by atoms with E-state index < -0.39 is 10.0 Å². The standard InChI is InChI=1S/C27H29ClN2O5S/c28-25-17-24(36(32,33)30-22-9-5-2-6-10-22)15-16-26(25)35-19-27(31)29-21-11-13-23(14-12-21)34-18-20-7-3-1-4-8-20/h1,3-4,7-8,11-17,22,30H,2,5-6,9-10,18-19H2,(H,29,31). The smallest absolute Gasteiger partial charge is 0.262 e. The second kappa shape index (κ2) is 12.3. The zero-order chi connectivity index (χ0) is 25.4. The van der Waals surface area contributed by atoms with E-state index in [-0.39, 0.29) is 34.2 Å². The van der Waals surface area contributed by atoms with Crippen LogP contribution in [-0.4, -0.2) is 27.0 Å². The van der Waals surface area contributed by atoms with Crippen LogP contribution in [0.5, 0.6) is 11.5 Å². The predicted octanol–water partition coefficient (Wildman–Crippen LogP) is 5.55. The molecule has 0 aromatic heterocycles. The second-order valence-corrected chi connectivity index (χ2v) is 10.8. The van der Waals surface area contributed by atoms with Crippen molar-refractivity contribution in [3.63, 3.8) is 0 Å². The van der Waals surface area contributed by atoms with E-state index in [0.717, 1.165) is 37.7 Å². The normalized spacial score (nSPS) is 14.2. The summed E-state index contributed by atoms with van der Waals surface area (Å²) in [5, 5.41) is 2.86. The van der Waals surface area contributed by atoms with Crippen LogP contribution in [0.1, 0.15) is 37.7 Å². The number of halogens is 1. The van der Waals surface area contributed by atoms with Gasteiger partial charge in [0.05, 0.1) is 9.92 Å². The van der Waals surface area contributed by atoms with Gasteiger partial charge >= 0.3 is 0 Å². The van der Waals surface area contributed by atoms with E-state index in [2.05, 4.69) is 10.0 Å². The van der Waals surface area contributed by atoms with Crippen LogP contribution in [0.3, 0.4) is 0 Å². The Labute approximate surface area is 216 Å². The van der Waals surface area contributed by atoms with Crippen LogP contribution in [0.15, 0.2) is 77.7 Å². The van der Waals surface area contributed by atoms with Gasteiger partial charge in [0.2, 0.25) is 10.0 Å². The first kappa shape index (κ1) is 26.0. The number of nitrogens with one attached hydrogen (secondary N) is 2. The summed E-state index contributed by atoms with van der Waals surface area (Å²) in [6, 6.07) is 21.1. The molecule has 3 aromatic rings. The highest BCUT2D eigenvalue weighted by atomic mass is 35.5. The summed E-state index contributed by atoms with van der Waals surface area (Å²) in [5.74, 6) is 0.542. The van der Waals surface area contributed by atoms with Crippen molar-refractivity contribution in [2.75, 3.05) is 11.9 Å². The van der Waals surface area contributed by atoms with E-state index in [4.69, 9.17) is 21.1 Å². The maximum Gasteiger partial charge on any atom is 0.262 e. The molecule has 3 aromatic carbocycles. The van der Waals surface area contributed by atoms with Gasteiger partial charge in [0.25, 0.3) is 5.91 Å². The van der Waals surface area contributed by atoms with Crippen molar-refractivity contribution in [3.8, 4) is 11.5 Å². The monoisotopic (exact) mass is 528 g/mol. The average molecular weight is 529 g/mol. The van der Waals surface area contributed by atoms with E-state index in [1.165, 1.54) is 18.2 Å². The molecule has 1 aliphatic carbocycles. The van der Waals surface area contributed by atoms with Gasteiger partial charge in [-0.05, 0) is 60.9 Å². The van der Waals surface area contributed by atoms with E-state index in [1.807, 2.05) is 30.3 Å². The first-order valence-electron chi connectivity index (χ1n) is 11.9. The molecule has 190 valence electrons. The summed E-state index contributed by atoms with van der Waals surface area (Å²) in [6.07, 6.45) is 4.86. The number of sulfonamides is 1. The zero-order valence-corrected chi connectivity index (χ0v) is 21.4. The van der Waals surface area contributed by atoms with Crippen molar-refractivity contribution in [3.05, 3.63) is 83.4 Å². The lowest BCUT2D eigenvalue weighted by molar-refractivity contribution is -0.118. The molecule has 36 heavy (non-hydrogen) atoms. The molecule has 1 saturated carbocycles. The van der Waals surface area contributed by atoms with Gasteiger partial charge < -0.3 is 14.8 Å². The Morgan fingerprint density at radius 1 is 0.917 bits per heavy atom. The Balaban J connectivity index is 1.26. The molecule has 7 nitrogen and oxygen atoms in total. The minimum absolute atomic E-state index is 0.0494. The zero-order valence-electron chi connectivity index (χ0n) is 19.8. The molecule has 9 heteroatoms. The van der Waals surface area contributed by atoms with Gasteiger partial charge in [0.15, 0.2) is 6.61 Å². The molecule has 0 unspecified atom stereocenters. The van der Waals surface area contributed by atoms with Crippen LogP contribution >= 0.6 is 11.6 Å². The van der Waals surface area contributed by atoms with Gasteiger partial charge in [0.1, 0.15) is 18.1 Å². The van der Waals surface area contributed by atoms with Crippen LogP contribution in [0.2, 0.25) is 5.02 Å². The molecule has 0 aliphatic heterocycles. The molecule has 2 N–H and O–H groups in total. The van der Waals surface area contributed by atoms with E-state index in [1.54, 1.807) is 24.3 Å². The molecule has 0 bridgehead atoms. The summed E-state index contributed by atoms with van der Waals surface area (Å²) >= 11 is 6.25. The number of carbonyl (C=O) groups is 1. The number of carbonyl (C=O) groups excluding carboxylic acids is 1. The molecular formula is C27H29ClN2O5S. The minimum atomic E-state index is -3.67.